The number of aromatic nitrogens is 2. The second-order valence-electron chi connectivity index (χ2n) is 5.14. The molecule has 7 heteroatoms. The van der Waals surface area contributed by atoms with Gasteiger partial charge in [0.05, 0.1) is 23.8 Å². The van der Waals surface area contributed by atoms with E-state index in [-0.39, 0.29) is 23.9 Å². The number of hydrogen-bond acceptors (Lipinski definition) is 3. The number of nitrogens with zero attached hydrogens (tertiary/aromatic N) is 2. The summed E-state index contributed by atoms with van der Waals surface area (Å²) in [6, 6.07) is 2.09. The van der Waals surface area contributed by atoms with Gasteiger partial charge in [0.2, 0.25) is 0 Å². The van der Waals surface area contributed by atoms with Crippen LogP contribution in [0, 0.1) is 5.82 Å². The summed E-state index contributed by atoms with van der Waals surface area (Å²) in [7, 11) is 0. The predicted octanol–water partition coefficient (Wildman–Crippen LogP) is 1.78. The number of carbonyl (C=O) groups is 2. The summed E-state index contributed by atoms with van der Waals surface area (Å²) >= 11 is 0. The number of likely N-dealkylation sites (tertiary alicyclic amines) is 1. The Kier molecular flexibility index (Phi) is 3.32. The van der Waals surface area contributed by atoms with Crippen molar-refractivity contribution < 1.29 is 19.1 Å². The van der Waals surface area contributed by atoms with Crippen molar-refractivity contribution in [3.8, 4) is 0 Å². The molecular formula is C14H14FN3O3. The van der Waals surface area contributed by atoms with Gasteiger partial charge in [-0.3, -0.25) is 9.59 Å². The van der Waals surface area contributed by atoms with E-state index in [0.29, 0.717) is 24.0 Å². The van der Waals surface area contributed by atoms with E-state index < -0.39 is 11.8 Å². The molecule has 1 saturated heterocycles. The third kappa shape index (κ3) is 2.46. The molecule has 6 nitrogen and oxygen atoms in total. The highest BCUT2D eigenvalue weighted by Crippen LogP contribution is 2.25. The van der Waals surface area contributed by atoms with Crippen molar-refractivity contribution in [3.05, 3.63) is 29.8 Å². The van der Waals surface area contributed by atoms with Crippen LogP contribution in [0.15, 0.2) is 18.5 Å². The molecule has 0 bridgehead atoms. The summed E-state index contributed by atoms with van der Waals surface area (Å²) in [5.74, 6) is -1.83. The lowest BCUT2D eigenvalue weighted by Crippen LogP contribution is -2.37. The zero-order valence-corrected chi connectivity index (χ0v) is 11.2. The lowest BCUT2D eigenvalue weighted by molar-refractivity contribution is -0.137. The molecule has 0 saturated carbocycles. The zero-order valence-electron chi connectivity index (χ0n) is 11.2. The summed E-state index contributed by atoms with van der Waals surface area (Å²) in [6.45, 7) is 0.485. The van der Waals surface area contributed by atoms with Crippen LogP contribution in [0.25, 0.3) is 11.0 Å². The number of benzene rings is 1. The van der Waals surface area contributed by atoms with Crippen molar-refractivity contribution >= 4 is 22.9 Å². The zero-order chi connectivity index (χ0) is 15.0. The van der Waals surface area contributed by atoms with Crippen molar-refractivity contribution in [3.63, 3.8) is 0 Å². The van der Waals surface area contributed by atoms with Gasteiger partial charge in [0, 0.05) is 12.6 Å². The monoisotopic (exact) mass is 291 g/mol. The van der Waals surface area contributed by atoms with Crippen molar-refractivity contribution in [1.82, 2.24) is 14.9 Å². The molecule has 110 valence electrons. The molecule has 2 N–H and O–H groups in total. The first-order valence-corrected chi connectivity index (χ1v) is 6.71. The molecule has 21 heavy (non-hydrogen) atoms. The third-order valence-corrected chi connectivity index (χ3v) is 3.77. The van der Waals surface area contributed by atoms with Gasteiger partial charge in [-0.2, -0.15) is 0 Å². The number of carbonyl (C=O) groups excluding carboxylic acids is 1. The topological polar surface area (TPSA) is 86.3 Å². The van der Waals surface area contributed by atoms with Crippen LogP contribution in [0.2, 0.25) is 0 Å². The smallest absolute Gasteiger partial charge is 0.305 e. The third-order valence-electron chi connectivity index (χ3n) is 3.77. The average Bonchev–Trinajstić information content (AvgIpc) is 3.04. The Bertz CT molecular complexity index is 713. The van der Waals surface area contributed by atoms with Crippen LogP contribution in [0.3, 0.4) is 0 Å². The maximum absolute atomic E-state index is 13.6. The molecule has 1 aromatic heterocycles. The Morgan fingerprint density at radius 2 is 2.29 bits per heavy atom. The number of fused-ring (bicyclic) bond motifs is 1. The summed E-state index contributed by atoms with van der Waals surface area (Å²) in [6.07, 6.45) is 2.71. The Labute approximate surface area is 119 Å². The van der Waals surface area contributed by atoms with Crippen molar-refractivity contribution in [2.24, 2.45) is 0 Å². The molecule has 1 unspecified atom stereocenters. The fraction of sp³-hybridized carbons (Fsp3) is 0.357. The van der Waals surface area contributed by atoms with Crippen LogP contribution >= 0.6 is 0 Å². The van der Waals surface area contributed by atoms with Crippen LogP contribution < -0.4 is 0 Å². The molecule has 1 aromatic carbocycles. The molecule has 1 aliphatic rings. The fourth-order valence-corrected chi connectivity index (χ4v) is 2.85. The molecule has 2 aromatic rings. The standard InChI is InChI=1S/C14H14FN3O3/c15-8-4-10(13-11(5-8)16-7-17-13)14(21)18-3-1-2-9(18)6-12(19)20/h4-5,7,9H,1-3,6H2,(H,16,17)(H,19,20). The molecular weight excluding hydrogens is 277 g/mol. The summed E-state index contributed by atoms with van der Waals surface area (Å²) < 4.78 is 13.6. The lowest BCUT2D eigenvalue weighted by atomic mass is 10.1. The molecule has 2 heterocycles. The maximum atomic E-state index is 13.6. The number of nitrogens with one attached hydrogen (secondary N) is 1. The quantitative estimate of drug-likeness (QED) is 0.902. The Balaban J connectivity index is 1.96. The van der Waals surface area contributed by atoms with Gasteiger partial charge in [0.1, 0.15) is 11.3 Å². The first kappa shape index (κ1) is 13.5. The second kappa shape index (κ2) is 5.16. The fourth-order valence-electron chi connectivity index (χ4n) is 2.85. The highest BCUT2D eigenvalue weighted by molar-refractivity contribution is 6.05. The molecule has 1 atom stereocenters. The minimum atomic E-state index is -0.941. The highest BCUT2D eigenvalue weighted by atomic mass is 19.1. The maximum Gasteiger partial charge on any atom is 0.305 e. The number of aliphatic carboxylic acids is 1. The Morgan fingerprint density at radius 3 is 3.05 bits per heavy atom. The van der Waals surface area contributed by atoms with E-state index >= 15 is 0 Å². The van der Waals surface area contributed by atoms with Crippen LogP contribution in [0.5, 0.6) is 0 Å². The average molecular weight is 291 g/mol. The van der Waals surface area contributed by atoms with Gasteiger partial charge < -0.3 is 15.0 Å². The van der Waals surface area contributed by atoms with E-state index in [1.807, 2.05) is 0 Å². The highest BCUT2D eigenvalue weighted by Gasteiger charge is 2.32. The van der Waals surface area contributed by atoms with Crippen molar-refractivity contribution in [1.29, 1.82) is 0 Å². The number of amides is 1. The largest absolute Gasteiger partial charge is 0.481 e. The number of H-pyrrole nitrogens is 1. The lowest BCUT2D eigenvalue weighted by Gasteiger charge is -2.23. The first-order chi connectivity index (χ1) is 10.1. The van der Waals surface area contributed by atoms with E-state index in [1.54, 1.807) is 0 Å². The summed E-state index contributed by atoms with van der Waals surface area (Å²) in [4.78, 5) is 31.8. The van der Waals surface area contributed by atoms with Crippen LogP contribution in [-0.2, 0) is 4.79 Å². The van der Waals surface area contributed by atoms with Gasteiger partial charge in [-0.1, -0.05) is 0 Å². The van der Waals surface area contributed by atoms with Gasteiger partial charge in [-0.15, -0.1) is 0 Å². The molecule has 0 aliphatic carbocycles. The van der Waals surface area contributed by atoms with Gasteiger partial charge in [0.25, 0.3) is 5.91 Å². The summed E-state index contributed by atoms with van der Waals surface area (Å²) in [5.41, 5.74) is 1.03. The van der Waals surface area contributed by atoms with E-state index in [0.717, 1.165) is 12.5 Å². The van der Waals surface area contributed by atoms with Gasteiger partial charge in [-0.25, -0.2) is 9.37 Å². The number of aromatic amines is 1. The molecule has 1 aliphatic heterocycles. The number of carboxylic acid groups (broad SMARTS) is 1. The van der Waals surface area contributed by atoms with E-state index in [1.165, 1.54) is 17.3 Å². The van der Waals surface area contributed by atoms with Gasteiger partial charge in [0.15, 0.2) is 0 Å². The second-order valence-corrected chi connectivity index (χ2v) is 5.14. The number of halogens is 1. The Morgan fingerprint density at radius 1 is 1.48 bits per heavy atom. The number of carboxylic acids is 1. The number of rotatable bonds is 3. The summed E-state index contributed by atoms with van der Waals surface area (Å²) in [5, 5.41) is 8.91. The van der Waals surface area contributed by atoms with Gasteiger partial charge >= 0.3 is 5.97 Å². The first-order valence-electron chi connectivity index (χ1n) is 6.71. The minimum Gasteiger partial charge on any atom is -0.481 e. The number of hydrogen-bond donors (Lipinski definition) is 2. The van der Waals surface area contributed by atoms with E-state index in [4.69, 9.17) is 5.11 Å². The van der Waals surface area contributed by atoms with Gasteiger partial charge in [-0.05, 0) is 25.0 Å². The molecule has 1 fully saturated rings. The Hall–Kier alpha value is -2.44. The van der Waals surface area contributed by atoms with Crippen LogP contribution in [0.4, 0.5) is 4.39 Å². The van der Waals surface area contributed by atoms with E-state index in [9.17, 15) is 14.0 Å². The SMILES string of the molecule is O=C(O)CC1CCCN1C(=O)c1cc(F)cc2[nH]cnc12. The van der Waals surface area contributed by atoms with Crippen molar-refractivity contribution in [2.75, 3.05) is 6.54 Å². The predicted molar refractivity (Wildman–Crippen MR) is 72.4 cm³/mol. The van der Waals surface area contributed by atoms with Crippen molar-refractivity contribution in [2.45, 2.75) is 25.3 Å². The molecule has 0 radical (unpaired) electrons. The molecule has 1 amide bonds. The van der Waals surface area contributed by atoms with E-state index in [2.05, 4.69) is 9.97 Å². The minimum absolute atomic E-state index is 0.0925. The molecule has 0 spiro atoms. The normalized spacial score (nSPS) is 18.3. The number of imidazole rings is 1. The van der Waals surface area contributed by atoms with Crippen LogP contribution in [-0.4, -0.2) is 44.4 Å². The molecule has 3 rings (SSSR count). The van der Waals surface area contributed by atoms with Crippen LogP contribution in [0.1, 0.15) is 29.6 Å².